The Kier molecular flexibility index (Phi) is 4.75. The van der Waals surface area contributed by atoms with Gasteiger partial charge in [0.05, 0.1) is 11.3 Å². The third-order valence-corrected chi connectivity index (χ3v) is 4.17. The van der Waals surface area contributed by atoms with Crippen LogP contribution in [0.25, 0.3) is 0 Å². The zero-order valence-electron chi connectivity index (χ0n) is 12.7. The van der Waals surface area contributed by atoms with E-state index in [-0.39, 0.29) is 18.0 Å². The molecule has 2 N–H and O–H groups in total. The Morgan fingerprint density at radius 3 is 2.91 bits per heavy atom. The quantitative estimate of drug-likeness (QED) is 0.803. The van der Waals surface area contributed by atoms with Gasteiger partial charge < -0.3 is 10.4 Å². The summed E-state index contributed by atoms with van der Waals surface area (Å²) in [7, 11) is 0. The van der Waals surface area contributed by atoms with Crippen molar-refractivity contribution in [1.29, 1.82) is 0 Å². The third-order valence-electron chi connectivity index (χ3n) is 4.17. The largest absolute Gasteiger partial charge is 0.478 e. The highest BCUT2D eigenvalue weighted by atomic mass is 19.1. The molecule has 2 unspecified atom stereocenters. The number of carbonyl (C=O) groups is 2. The molecule has 2 rings (SSSR count). The average molecular weight is 309 g/mol. The van der Waals surface area contributed by atoms with Crippen molar-refractivity contribution in [3.05, 3.63) is 23.4 Å². The number of amides is 1. The fraction of sp³-hybridized carbons (Fsp3) is 0.533. The summed E-state index contributed by atoms with van der Waals surface area (Å²) in [6, 6.07) is 2.88. The van der Waals surface area contributed by atoms with Gasteiger partial charge in [0.25, 0.3) is 0 Å². The van der Waals surface area contributed by atoms with Crippen LogP contribution in [0.4, 0.5) is 10.2 Å². The van der Waals surface area contributed by atoms with E-state index in [1.165, 1.54) is 17.0 Å². The number of carbonyl (C=O) groups excluding carboxylic acids is 1. The van der Waals surface area contributed by atoms with Crippen LogP contribution in [0.2, 0.25) is 0 Å². The first-order valence-electron chi connectivity index (χ1n) is 7.17. The number of alkyl halides is 1. The number of halogens is 1. The minimum absolute atomic E-state index is 0.0873. The number of pyridine rings is 1. The molecule has 0 aromatic carbocycles. The van der Waals surface area contributed by atoms with E-state index in [0.717, 1.165) is 0 Å². The molecule has 0 bridgehead atoms. The Morgan fingerprint density at radius 1 is 1.64 bits per heavy atom. The second-order valence-electron chi connectivity index (χ2n) is 5.79. The van der Waals surface area contributed by atoms with Crippen molar-refractivity contribution in [2.45, 2.75) is 25.9 Å². The summed E-state index contributed by atoms with van der Waals surface area (Å²) in [5.74, 6) is -1.08. The lowest BCUT2D eigenvalue weighted by Crippen LogP contribution is -2.50. The summed E-state index contributed by atoms with van der Waals surface area (Å²) in [6.45, 7) is 4.42. The van der Waals surface area contributed by atoms with Gasteiger partial charge in [-0.2, -0.15) is 0 Å². The molecule has 6 nitrogen and oxygen atoms in total. The zero-order chi connectivity index (χ0) is 16.3. The average Bonchev–Trinajstić information content (AvgIpc) is 2.45. The van der Waals surface area contributed by atoms with Crippen molar-refractivity contribution in [2.24, 2.45) is 5.92 Å². The SMILES string of the molecule is Cc1nc(N(C=O)CC2CNCCC2(C)F)ccc1C(=O)O. The smallest absolute Gasteiger partial charge is 0.337 e. The molecule has 1 saturated heterocycles. The minimum Gasteiger partial charge on any atom is -0.478 e. The summed E-state index contributed by atoms with van der Waals surface area (Å²) < 4.78 is 14.5. The normalized spacial score (nSPS) is 24.8. The van der Waals surface area contributed by atoms with Gasteiger partial charge in [-0.3, -0.25) is 9.69 Å². The Morgan fingerprint density at radius 2 is 2.36 bits per heavy atom. The standard InChI is InChI=1S/C15H20FN3O3/c1-10-12(14(21)22)3-4-13(18-10)19(9-20)8-11-7-17-6-5-15(11,2)16/h3-4,9,11,17H,5-8H2,1-2H3,(H,21,22). The lowest BCUT2D eigenvalue weighted by molar-refractivity contribution is -0.107. The van der Waals surface area contributed by atoms with Crippen LogP contribution in [-0.2, 0) is 4.79 Å². The highest BCUT2D eigenvalue weighted by Crippen LogP contribution is 2.29. The number of nitrogens with zero attached hydrogens (tertiary/aromatic N) is 2. The highest BCUT2D eigenvalue weighted by Gasteiger charge is 2.37. The molecule has 0 aliphatic carbocycles. The van der Waals surface area contributed by atoms with Gasteiger partial charge in [0.15, 0.2) is 0 Å². The van der Waals surface area contributed by atoms with Crippen molar-refractivity contribution in [3.63, 3.8) is 0 Å². The molecule has 1 aliphatic rings. The number of carboxylic acid groups (broad SMARTS) is 1. The van der Waals surface area contributed by atoms with Crippen LogP contribution >= 0.6 is 0 Å². The van der Waals surface area contributed by atoms with Gasteiger partial charge in [0.2, 0.25) is 6.41 Å². The Balaban J connectivity index is 2.19. The van der Waals surface area contributed by atoms with Crippen LogP contribution in [-0.4, -0.2) is 47.8 Å². The number of piperidine rings is 1. The van der Waals surface area contributed by atoms with Crippen LogP contribution in [0.5, 0.6) is 0 Å². The topological polar surface area (TPSA) is 82.5 Å². The molecule has 1 amide bonds. The van der Waals surface area contributed by atoms with Gasteiger partial charge in [-0.1, -0.05) is 0 Å². The Hall–Kier alpha value is -2.02. The molecule has 1 fully saturated rings. The first kappa shape index (κ1) is 16.4. The number of anilines is 1. The van der Waals surface area contributed by atoms with Gasteiger partial charge >= 0.3 is 5.97 Å². The van der Waals surface area contributed by atoms with Gasteiger partial charge in [0.1, 0.15) is 11.5 Å². The van der Waals surface area contributed by atoms with Crippen molar-refractivity contribution >= 4 is 18.2 Å². The minimum atomic E-state index is -1.34. The van der Waals surface area contributed by atoms with Crippen molar-refractivity contribution in [2.75, 3.05) is 24.5 Å². The van der Waals surface area contributed by atoms with E-state index >= 15 is 0 Å². The maximum absolute atomic E-state index is 14.5. The van der Waals surface area contributed by atoms with Gasteiger partial charge in [0, 0.05) is 19.0 Å². The number of hydrogen-bond donors (Lipinski definition) is 2. The predicted octanol–water partition coefficient (Wildman–Crippen LogP) is 1.39. The first-order valence-corrected chi connectivity index (χ1v) is 7.17. The molecule has 0 saturated carbocycles. The van der Waals surface area contributed by atoms with E-state index < -0.39 is 11.6 Å². The van der Waals surface area contributed by atoms with E-state index in [0.29, 0.717) is 37.4 Å². The summed E-state index contributed by atoms with van der Waals surface area (Å²) in [5.41, 5.74) is -0.936. The molecule has 2 heterocycles. The molecule has 120 valence electrons. The number of aromatic nitrogens is 1. The molecule has 1 aromatic heterocycles. The molecule has 0 radical (unpaired) electrons. The second kappa shape index (κ2) is 6.39. The van der Waals surface area contributed by atoms with E-state index in [1.54, 1.807) is 13.8 Å². The maximum Gasteiger partial charge on any atom is 0.337 e. The summed E-state index contributed by atoms with van der Waals surface area (Å²) in [5, 5.41) is 12.1. The number of aryl methyl sites for hydroxylation is 1. The lowest BCUT2D eigenvalue weighted by atomic mass is 9.84. The number of nitrogens with one attached hydrogen (secondary N) is 1. The summed E-state index contributed by atoms with van der Waals surface area (Å²) in [6.07, 6.45) is 1.00. The van der Waals surface area contributed by atoms with Crippen LogP contribution in [0.15, 0.2) is 12.1 Å². The second-order valence-corrected chi connectivity index (χ2v) is 5.79. The molecule has 22 heavy (non-hydrogen) atoms. The molecular weight excluding hydrogens is 289 g/mol. The van der Waals surface area contributed by atoms with Crippen molar-refractivity contribution < 1.29 is 19.1 Å². The molecule has 0 spiro atoms. The maximum atomic E-state index is 14.5. The van der Waals surface area contributed by atoms with Crippen LogP contribution < -0.4 is 10.2 Å². The fourth-order valence-corrected chi connectivity index (χ4v) is 2.64. The molecule has 1 aromatic rings. The summed E-state index contributed by atoms with van der Waals surface area (Å²) >= 11 is 0. The van der Waals surface area contributed by atoms with Crippen LogP contribution in [0, 0.1) is 12.8 Å². The van der Waals surface area contributed by atoms with Crippen molar-refractivity contribution in [1.82, 2.24) is 10.3 Å². The van der Waals surface area contributed by atoms with Crippen LogP contribution in [0.1, 0.15) is 29.4 Å². The van der Waals surface area contributed by atoms with Crippen molar-refractivity contribution in [3.8, 4) is 0 Å². The van der Waals surface area contributed by atoms with Crippen LogP contribution in [0.3, 0.4) is 0 Å². The van der Waals surface area contributed by atoms with Gasteiger partial charge in [-0.05, 0) is 38.9 Å². The number of rotatable bonds is 5. The first-order chi connectivity index (χ1) is 10.3. The van der Waals surface area contributed by atoms with Gasteiger partial charge in [-0.25, -0.2) is 14.2 Å². The van der Waals surface area contributed by atoms with E-state index in [4.69, 9.17) is 5.11 Å². The Bertz CT molecular complexity index is 577. The summed E-state index contributed by atoms with van der Waals surface area (Å²) in [4.78, 5) is 27.8. The number of aromatic carboxylic acids is 1. The number of hydrogen-bond acceptors (Lipinski definition) is 4. The molecule has 1 aliphatic heterocycles. The molecule has 7 heteroatoms. The van der Waals surface area contributed by atoms with Gasteiger partial charge in [-0.15, -0.1) is 0 Å². The molecule has 2 atom stereocenters. The fourth-order valence-electron chi connectivity index (χ4n) is 2.64. The highest BCUT2D eigenvalue weighted by molar-refractivity contribution is 5.89. The predicted molar refractivity (Wildman–Crippen MR) is 79.8 cm³/mol. The van der Waals surface area contributed by atoms with E-state index in [1.807, 2.05) is 0 Å². The zero-order valence-corrected chi connectivity index (χ0v) is 12.7. The molecular formula is C15H20FN3O3. The Labute approximate surface area is 128 Å². The van der Waals surface area contributed by atoms with E-state index in [2.05, 4.69) is 10.3 Å². The third kappa shape index (κ3) is 3.41. The lowest BCUT2D eigenvalue weighted by Gasteiger charge is -2.37. The monoisotopic (exact) mass is 309 g/mol. The van der Waals surface area contributed by atoms with E-state index in [9.17, 15) is 14.0 Å². The number of carboxylic acids is 1.